The summed E-state index contributed by atoms with van der Waals surface area (Å²) in [4.78, 5) is 139. The van der Waals surface area contributed by atoms with Crippen LogP contribution >= 0.6 is 37.9 Å². The lowest BCUT2D eigenvalue weighted by atomic mass is 10.0. The molecule has 1 heterocycles. The molecule has 7 atom stereocenters. The van der Waals surface area contributed by atoms with Crippen LogP contribution in [0.25, 0.3) is 0 Å². The monoisotopic (exact) mass is 1010 g/mol. The van der Waals surface area contributed by atoms with Crippen LogP contribution in [0.5, 0.6) is 5.75 Å². The molecule has 0 aliphatic rings. The third-order valence-electron chi connectivity index (χ3n) is 9.27. The zero-order valence-corrected chi connectivity index (χ0v) is 39.0. The zero-order chi connectivity index (χ0) is 50.9. The van der Waals surface area contributed by atoms with E-state index in [-0.39, 0.29) is 61.2 Å². The van der Waals surface area contributed by atoms with Crippen LogP contribution in [-0.4, -0.2) is 164 Å². The average Bonchev–Trinajstić information content (AvgIpc) is 3.81. The van der Waals surface area contributed by atoms with E-state index in [1.807, 2.05) is 0 Å². The molecule has 0 radical (unpaired) electrons. The number of carbonyl (C=O) groups excluding carboxylic acids is 9. The van der Waals surface area contributed by atoms with E-state index in [1.165, 1.54) is 36.8 Å². The normalized spacial score (nSPS) is 13.8. The number of hydrogen-bond acceptors (Lipinski definition) is 17. The number of nitrogens with zero attached hydrogens (tertiary/aromatic N) is 2. The molecule has 1 aromatic carbocycles. The van der Waals surface area contributed by atoms with Crippen LogP contribution in [0.3, 0.4) is 0 Å². The van der Waals surface area contributed by atoms with Gasteiger partial charge in [-0.3, -0.25) is 48.1 Å². The van der Waals surface area contributed by atoms with Gasteiger partial charge in [0.2, 0.25) is 53.2 Å². The molecular formula is C38H57N15O12S3. The van der Waals surface area contributed by atoms with Gasteiger partial charge in [-0.1, -0.05) is 12.1 Å². The third-order valence-corrected chi connectivity index (χ3v) is 10.4. The van der Waals surface area contributed by atoms with Crippen LogP contribution in [0.2, 0.25) is 0 Å². The Labute approximate surface area is 405 Å². The quantitative estimate of drug-likeness (QED) is 0.0150. The number of aromatic nitrogens is 2. The van der Waals surface area contributed by atoms with Crippen molar-refractivity contribution in [1.82, 2.24) is 52.5 Å². The summed E-state index contributed by atoms with van der Waals surface area (Å²) in [6.45, 7) is -1.44. The Morgan fingerprint density at radius 1 is 0.647 bits per heavy atom. The maximum absolute atomic E-state index is 14.0. The van der Waals surface area contributed by atoms with Crippen molar-refractivity contribution in [2.24, 2.45) is 27.9 Å². The zero-order valence-electron chi connectivity index (χ0n) is 36.3. The SMILES string of the molecule is NC(=O)C[C@H](NC(=O)[C@@H](N)Cc1cnc[nH]1)C(=O)N[C@@H](CCCN=C(N)N)C(=O)N[C@@H](Cc1ccc(O)cc1)C(=O)NCC(=O)N[C@@H](CS)C(=O)NCC(=O)N[C@@H](CS)C(=O)N[C@@H](CS)C(=O)O. The topological polar surface area (TPSA) is 453 Å². The molecule has 0 saturated carbocycles. The minimum absolute atomic E-state index is 0.000309. The number of rotatable bonds is 30. The minimum Gasteiger partial charge on any atom is -0.508 e. The van der Waals surface area contributed by atoms with Crippen molar-refractivity contribution in [3.05, 3.63) is 48.0 Å². The van der Waals surface area contributed by atoms with Gasteiger partial charge in [-0.2, -0.15) is 37.9 Å². The Kier molecular flexibility index (Phi) is 25.1. The summed E-state index contributed by atoms with van der Waals surface area (Å²) in [5.41, 5.74) is 23.2. The molecule has 2 rings (SSSR count). The number of thiol groups is 3. The molecule has 0 fully saturated rings. The third kappa shape index (κ3) is 21.2. The van der Waals surface area contributed by atoms with Crippen LogP contribution in [0.15, 0.2) is 41.8 Å². The molecule has 30 heteroatoms. The lowest BCUT2D eigenvalue weighted by Gasteiger charge is -2.26. The number of nitrogens with one attached hydrogen (secondary N) is 9. The molecule has 9 amide bonds. The van der Waals surface area contributed by atoms with Gasteiger partial charge in [0.05, 0.1) is 31.9 Å². The molecule has 27 nitrogen and oxygen atoms in total. The van der Waals surface area contributed by atoms with E-state index < -0.39 is 121 Å². The number of aromatic amines is 1. The number of benzene rings is 1. The van der Waals surface area contributed by atoms with Crippen molar-refractivity contribution in [3.8, 4) is 5.75 Å². The van der Waals surface area contributed by atoms with Crippen LogP contribution in [0.4, 0.5) is 0 Å². The minimum atomic E-state index is -1.60. The predicted molar refractivity (Wildman–Crippen MR) is 253 cm³/mol. The summed E-state index contributed by atoms with van der Waals surface area (Å²) in [5.74, 6) is -10.7. The van der Waals surface area contributed by atoms with Gasteiger partial charge in [-0.05, 0) is 30.5 Å². The van der Waals surface area contributed by atoms with Gasteiger partial charge in [-0.15, -0.1) is 0 Å². The summed E-state index contributed by atoms with van der Waals surface area (Å²) in [6.07, 6.45) is 1.83. The molecule has 0 saturated heterocycles. The van der Waals surface area contributed by atoms with E-state index in [0.29, 0.717) is 11.3 Å². The van der Waals surface area contributed by atoms with E-state index in [2.05, 4.69) is 95.4 Å². The second-order valence-electron chi connectivity index (χ2n) is 14.7. The molecule has 2 aromatic rings. The first kappa shape index (κ1) is 57.3. The van der Waals surface area contributed by atoms with E-state index in [4.69, 9.17) is 28.0 Å². The number of carbonyl (C=O) groups is 10. The van der Waals surface area contributed by atoms with Gasteiger partial charge in [0, 0.05) is 48.5 Å². The summed E-state index contributed by atoms with van der Waals surface area (Å²) >= 11 is 11.9. The van der Waals surface area contributed by atoms with Crippen molar-refractivity contribution >= 4 is 103 Å². The number of imidazole rings is 1. The van der Waals surface area contributed by atoms with E-state index in [9.17, 15) is 53.1 Å². The lowest BCUT2D eigenvalue weighted by molar-refractivity contribution is -0.141. The van der Waals surface area contributed by atoms with E-state index in [0.717, 1.165) is 0 Å². The average molecular weight is 1010 g/mol. The number of carboxylic acid groups (broad SMARTS) is 1. The van der Waals surface area contributed by atoms with Crippen LogP contribution in [-0.2, 0) is 60.8 Å². The number of aliphatic imine (C=N–C) groups is 1. The predicted octanol–water partition coefficient (Wildman–Crippen LogP) is -6.83. The highest BCUT2D eigenvalue weighted by Crippen LogP contribution is 2.12. The fraction of sp³-hybridized carbons (Fsp3) is 0.474. The van der Waals surface area contributed by atoms with Crippen LogP contribution in [0.1, 0.15) is 30.5 Å². The lowest BCUT2D eigenvalue weighted by Crippen LogP contribution is -2.59. The molecular weight excluding hydrogens is 955 g/mol. The first-order chi connectivity index (χ1) is 32.2. The summed E-state index contributed by atoms with van der Waals surface area (Å²) in [7, 11) is 0. The van der Waals surface area contributed by atoms with Crippen LogP contribution in [0, 0.1) is 0 Å². The van der Waals surface area contributed by atoms with Gasteiger partial charge in [0.1, 0.15) is 42.0 Å². The fourth-order valence-corrected chi connectivity index (χ4v) is 6.49. The van der Waals surface area contributed by atoms with Gasteiger partial charge >= 0.3 is 5.97 Å². The maximum Gasteiger partial charge on any atom is 0.327 e. The second kappa shape index (κ2) is 29.8. The first-order valence-corrected chi connectivity index (χ1v) is 22.3. The van der Waals surface area contributed by atoms with Gasteiger partial charge < -0.3 is 80.7 Å². The van der Waals surface area contributed by atoms with Crippen molar-refractivity contribution in [1.29, 1.82) is 0 Å². The number of aromatic hydroxyl groups is 1. The van der Waals surface area contributed by atoms with Gasteiger partial charge in [0.15, 0.2) is 5.96 Å². The molecule has 0 aliphatic heterocycles. The maximum atomic E-state index is 14.0. The Balaban J connectivity index is 2.20. The Bertz CT molecular complexity index is 2100. The summed E-state index contributed by atoms with van der Waals surface area (Å²) < 4.78 is 0. The number of phenolic OH excluding ortho intramolecular Hbond substituents is 1. The summed E-state index contributed by atoms with van der Waals surface area (Å²) in [6, 6.07) is -4.12. The Hall–Kier alpha value is -6.79. The number of carboxylic acids is 1. The smallest absolute Gasteiger partial charge is 0.327 e. The number of aliphatic carboxylic acids is 1. The highest BCUT2D eigenvalue weighted by atomic mass is 32.1. The molecule has 19 N–H and O–H groups in total. The highest BCUT2D eigenvalue weighted by Gasteiger charge is 2.32. The number of guanidine groups is 1. The van der Waals surface area contributed by atoms with Gasteiger partial charge in [0.25, 0.3) is 0 Å². The number of primary amides is 1. The van der Waals surface area contributed by atoms with Crippen molar-refractivity contribution in [3.63, 3.8) is 0 Å². The fourth-order valence-electron chi connectivity index (χ4n) is 5.73. The molecule has 374 valence electrons. The van der Waals surface area contributed by atoms with E-state index >= 15 is 0 Å². The van der Waals surface area contributed by atoms with Crippen molar-refractivity contribution < 1.29 is 58.2 Å². The standard InChI is InChI=1S/C38H57N15O12S3/c39-21(9-19-11-43-17-47-19)31(58)51-24(10-28(40)55)35(62)50-22(2-1-7-44-38(41)42)34(61)52-23(8-18-3-5-20(54)6-4-18)32(59)45-12-29(56)48-25(14-66)33(60)46-13-30(57)49-26(15-67)36(63)53-27(16-68)37(64)65/h3-6,11,17,21-27,54,66-68H,1-2,7-10,12-16,39H2,(H2,40,55)(H,43,47)(H,45,59)(H,46,60)(H,48,56)(H,49,57)(H,50,62)(H,51,58)(H,52,61)(H,53,63)(H,64,65)(H4,41,42,44)/t21-,22-,23-,24-,25-,26-,27-/m0/s1. The molecule has 0 aliphatic carbocycles. The first-order valence-electron chi connectivity index (χ1n) is 20.4. The molecule has 1 aromatic heterocycles. The number of amides is 9. The highest BCUT2D eigenvalue weighted by molar-refractivity contribution is 7.80. The number of phenols is 1. The van der Waals surface area contributed by atoms with E-state index in [1.54, 1.807) is 0 Å². The number of hydrogen-bond donors (Lipinski definition) is 18. The van der Waals surface area contributed by atoms with Crippen molar-refractivity contribution in [2.45, 2.75) is 74.4 Å². The van der Waals surface area contributed by atoms with Gasteiger partial charge in [-0.25, -0.2) is 9.78 Å². The Morgan fingerprint density at radius 3 is 1.66 bits per heavy atom. The molecule has 68 heavy (non-hydrogen) atoms. The second-order valence-corrected chi connectivity index (χ2v) is 15.8. The molecule has 0 unspecified atom stereocenters. The largest absolute Gasteiger partial charge is 0.508 e. The molecule has 0 spiro atoms. The number of H-pyrrole nitrogens is 1. The van der Waals surface area contributed by atoms with Crippen LogP contribution < -0.4 is 65.5 Å². The number of nitrogens with two attached hydrogens (primary N) is 4. The Morgan fingerprint density at radius 2 is 1.15 bits per heavy atom. The molecule has 0 bridgehead atoms. The van der Waals surface area contributed by atoms with Crippen molar-refractivity contribution in [2.75, 3.05) is 36.9 Å². The summed E-state index contributed by atoms with van der Waals surface area (Å²) in [5, 5.41) is 37.8.